The van der Waals surface area contributed by atoms with E-state index < -0.39 is 0 Å². The average Bonchev–Trinajstić information content (AvgIpc) is 2.60. The van der Waals surface area contributed by atoms with Gasteiger partial charge in [-0.05, 0) is 65.7 Å². The summed E-state index contributed by atoms with van der Waals surface area (Å²) < 4.78 is 5.58. The number of carbonyl (C=O) groups excluding carboxylic acids is 1. The molecule has 0 radical (unpaired) electrons. The van der Waals surface area contributed by atoms with Crippen LogP contribution in [-0.2, 0) is 9.53 Å². The van der Waals surface area contributed by atoms with Crippen molar-refractivity contribution in [3.8, 4) is 0 Å². The molecule has 1 amide bonds. The summed E-state index contributed by atoms with van der Waals surface area (Å²) in [6, 6.07) is 0.613. The van der Waals surface area contributed by atoms with Crippen LogP contribution in [0.2, 0.25) is 0 Å². The normalized spacial score (nSPS) is 22.4. The standard InChI is InChI=1S/C24H50N3O2P/c1-8-15-23(3,4)17-27(18-24(5,6)16-19(2)29-7)21-13-9-11-20(12-10-14-21)22(28)25-26-30/h19-21,26H,8-18,30H2,1-7H3,(H,25,28). The molecule has 0 heterocycles. The minimum Gasteiger partial charge on any atom is -0.382 e. The van der Waals surface area contributed by atoms with Crippen molar-refractivity contribution in [1.82, 2.24) is 15.5 Å². The molecule has 2 unspecified atom stereocenters. The van der Waals surface area contributed by atoms with Gasteiger partial charge in [-0.15, -0.1) is 0 Å². The van der Waals surface area contributed by atoms with E-state index in [1.54, 1.807) is 0 Å². The molecule has 0 spiro atoms. The van der Waals surface area contributed by atoms with Crippen molar-refractivity contribution in [3.63, 3.8) is 0 Å². The second kappa shape index (κ2) is 13.4. The number of carbonyl (C=O) groups is 1. The van der Waals surface area contributed by atoms with E-state index in [1.807, 2.05) is 7.11 Å². The Morgan fingerprint density at radius 3 is 2.17 bits per heavy atom. The van der Waals surface area contributed by atoms with Crippen molar-refractivity contribution < 1.29 is 9.53 Å². The Labute approximate surface area is 189 Å². The van der Waals surface area contributed by atoms with Crippen LogP contribution < -0.4 is 10.6 Å². The summed E-state index contributed by atoms with van der Waals surface area (Å²) >= 11 is 0. The first kappa shape index (κ1) is 27.8. The molecule has 0 bridgehead atoms. The molecular weight excluding hydrogens is 393 g/mol. The first-order valence-corrected chi connectivity index (χ1v) is 12.6. The molecule has 1 saturated carbocycles. The average molecular weight is 444 g/mol. The summed E-state index contributed by atoms with van der Waals surface area (Å²) in [6.45, 7) is 16.4. The van der Waals surface area contributed by atoms with Gasteiger partial charge in [0.25, 0.3) is 0 Å². The number of ether oxygens (including phenoxy) is 1. The largest absolute Gasteiger partial charge is 0.382 e. The van der Waals surface area contributed by atoms with Gasteiger partial charge in [-0.2, -0.15) is 0 Å². The molecule has 6 heteroatoms. The highest BCUT2D eigenvalue weighted by Gasteiger charge is 2.33. The lowest BCUT2D eigenvalue weighted by Crippen LogP contribution is -2.47. The molecule has 178 valence electrons. The van der Waals surface area contributed by atoms with Crippen molar-refractivity contribution in [2.75, 3.05) is 20.2 Å². The number of methoxy groups -OCH3 is 1. The molecule has 5 nitrogen and oxygen atoms in total. The number of nitrogens with one attached hydrogen (secondary N) is 2. The van der Waals surface area contributed by atoms with Gasteiger partial charge in [-0.1, -0.05) is 53.9 Å². The third kappa shape index (κ3) is 10.4. The van der Waals surface area contributed by atoms with E-state index >= 15 is 0 Å². The van der Waals surface area contributed by atoms with Crippen molar-refractivity contribution in [3.05, 3.63) is 0 Å². The molecule has 2 N–H and O–H groups in total. The number of hydrogen-bond donors (Lipinski definition) is 2. The maximum atomic E-state index is 12.2. The van der Waals surface area contributed by atoms with Gasteiger partial charge < -0.3 is 4.74 Å². The van der Waals surface area contributed by atoms with Crippen LogP contribution in [0.3, 0.4) is 0 Å². The van der Waals surface area contributed by atoms with Gasteiger partial charge in [0.1, 0.15) is 0 Å². The molecule has 30 heavy (non-hydrogen) atoms. The lowest BCUT2D eigenvalue weighted by atomic mass is 9.81. The molecule has 0 aromatic carbocycles. The first-order valence-electron chi connectivity index (χ1n) is 12.1. The Kier molecular flexibility index (Phi) is 12.4. The topological polar surface area (TPSA) is 53.6 Å². The molecule has 0 saturated heterocycles. The highest BCUT2D eigenvalue weighted by atomic mass is 31.0. The van der Waals surface area contributed by atoms with Gasteiger partial charge in [0.15, 0.2) is 0 Å². The molecule has 1 aliphatic carbocycles. The van der Waals surface area contributed by atoms with E-state index in [0.717, 1.165) is 45.2 Å². The van der Waals surface area contributed by atoms with Crippen LogP contribution in [0.1, 0.15) is 99.3 Å². The Morgan fingerprint density at radius 2 is 1.67 bits per heavy atom. The minimum atomic E-state index is 0.138. The first-order chi connectivity index (χ1) is 14.0. The molecule has 1 fully saturated rings. The van der Waals surface area contributed by atoms with Crippen LogP contribution in [-0.4, -0.2) is 43.2 Å². The van der Waals surface area contributed by atoms with E-state index in [-0.39, 0.29) is 23.3 Å². The fraction of sp³-hybridized carbons (Fsp3) is 0.958. The number of amides is 1. The van der Waals surface area contributed by atoms with Crippen LogP contribution in [0.5, 0.6) is 0 Å². The van der Waals surface area contributed by atoms with E-state index in [4.69, 9.17) is 4.74 Å². The monoisotopic (exact) mass is 443 g/mol. The Bertz CT molecular complexity index is 489. The van der Waals surface area contributed by atoms with Crippen molar-refractivity contribution in [1.29, 1.82) is 0 Å². The zero-order valence-corrected chi connectivity index (χ0v) is 22.0. The van der Waals surface area contributed by atoms with Gasteiger partial charge in [0.2, 0.25) is 5.91 Å². The fourth-order valence-corrected chi connectivity index (χ4v) is 5.53. The summed E-state index contributed by atoms with van der Waals surface area (Å²) in [7, 11) is 4.16. The van der Waals surface area contributed by atoms with Gasteiger partial charge in [0.05, 0.1) is 6.10 Å². The second-order valence-electron chi connectivity index (χ2n) is 11.1. The Balaban J connectivity index is 2.87. The molecule has 1 aliphatic rings. The Hall–Kier alpha value is -0.220. The van der Waals surface area contributed by atoms with Gasteiger partial charge in [0, 0.05) is 32.2 Å². The zero-order valence-electron chi connectivity index (χ0n) is 20.9. The van der Waals surface area contributed by atoms with Gasteiger partial charge in [-0.3, -0.25) is 15.1 Å². The van der Waals surface area contributed by atoms with Crippen molar-refractivity contribution in [2.45, 2.75) is 111 Å². The van der Waals surface area contributed by atoms with Crippen LogP contribution in [0.15, 0.2) is 0 Å². The highest BCUT2D eigenvalue weighted by molar-refractivity contribution is 7.13. The lowest BCUT2D eigenvalue weighted by molar-refractivity contribution is -0.126. The van der Waals surface area contributed by atoms with E-state index in [1.165, 1.54) is 25.7 Å². The lowest BCUT2D eigenvalue weighted by Gasteiger charge is -2.43. The SMILES string of the molecule is CCCC(C)(C)CN(CC(C)(C)CC(C)OC)C1CCCC(C(=O)NNP)CCC1. The third-order valence-electron chi connectivity index (χ3n) is 6.69. The van der Waals surface area contributed by atoms with E-state index in [0.29, 0.717) is 11.5 Å². The van der Waals surface area contributed by atoms with Crippen LogP contribution in [0.4, 0.5) is 0 Å². The maximum Gasteiger partial charge on any atom is 0.237 e. The van der Waals surface area contributed by atoms with E-state index in [9.17, 15) is 4.79 Å². The number of hydrazine groups is 1. The molecule has 2 atom stereocenters. The highest BCUT2D eigenvalue weighted by Crippen LogP contribution is 2.33. The predicted octanol–water partition coefficient (Wildman–Crippen LogP) is 5.32. The van der Waals surface area contributed by atoms with Crippen molar-refractivity contribution in [2.24, 2.45) is 16.7 Å². The third-order valence-corrected chi connectivity index (χ3v) is 6.84. The molecule has 0 aliphatic heterocycles. The van der Waals surface area contributed by atoms with E-state index in [2.05, 4.69) is 66.5 Å². The molecule has 0 aromatic rings. The second-order valence-corrected chi connectivity index (χ2v) is 11.4. The van der Waals surface area contributed by atoms with Crippen LogP contribution in [0, 0.1) is 16.7 Å². The summed E-state index contributed by atoms with van der Waals surface area (Å²) in [5, 5.41) is 2.71. The summed E-state index contributed by atoms with van der Waals surface area (Å²) in [4.78, 5) is 15.0. The summed E-state index contributed by atoms with van der Waals surface area (Å²) in [6.07, 6.45) is 10.5. The number of nitrogens with zero attached hydrogens (tertiary/aromatic N) is 1. The van der Waals surface area contributed by atoms with Crippen molar-refractivity contribution >= 4 is 15.3 Å². The summed E-state index contributed by atoms with van der Waals surface area (Å²) in [5.41, 5.74) is 3.29. The zero-order chi connectivity index (χ0) is 22.8. The Morgan fingerprint density at radius 1 is 1.10 bits per heavy atom. The van der Waals surface area contributed by atoms with Crippen LogP contribution >= 0.6 is 9.39 Å². The molecule has 0 aromatic heterocycles. The predicted molar refractivity (Wildman–Crippen MR) is 131 cm³/mol. The summed E-state index contributed by atoms with van der Waals surface area (Å²) in [5.74, 6) is 0.280. The fourth-order valence-electron chi connectivity index (χ4n) is 5.38. The molecular formula is C24H50N3O2P. The van der Waals surface area contributed by atoms with Gasteiger partial charge in [-0.25, -0.2) is 5.20 Å². The minimum absolute atomic E-state index is 0.138. The molecule has 1 rings (SSSR count). The number of rotatable bonds is 12. The smallest absolute Gasteiger partial charge is 0.237 e. The quantitative estimate of drug-likeness (QED) is 0.317. The van der Waals surface area contributed by atoms with Gasteiger partial charge >= 0.3 is 0 Å². The number of hydrogen-bond acceptors (Lipinski definition) is 4. The van der Waals surface area contributed by atoms with Crippen LogP contribution in [0.25, 0.3) is 0 Å². The maximum absolute atomic E-state index is 12.2.